The van der Waals surface area contributed by atoms with Gasteiger partial charge in [0.2, 0.25) is 5.82 Å². The Bertz CT molecular complexity index is 974. The van der Waals surface area contributed by atoms with Gasteiger partial charge in [-0.15, -0.1) is 0 Å². The summed E-state index contributed by atoms with van der Waals surface area (Å²) in [6.07, 6.45) is 0.486. The van der Waals surface area contributed by atoms with E-state index in [1.807, 2.05) is 0 Å². The van der Waals surface area contributed by atoms with Gasteiger partial charge in [-0.1, -0.05) is 16.8 Å². The number of hydrogen-bond donors (Lipinski definition) is 0. The molecule has 0 radical (unpaired) electrons. The topological polar surface area (TPSA) is 74.5 Å². The second kappa shape index (κ2) is 7.36. The van der Waals surface area contributed by atoms with Gasteiger partial charge in [0.05, 0.1) is 5.92 Å². The Hall–Kier alpha value is -2.93. The van der Waals surface area contributed by atoms with E-state index in [9.17, 15) is 9.18 Å². The third-order valence-corrected chi connectivity index (χ3v) is 4.41. The number of ether oxygens (including phenoxy) is 2. The van der Waals surface area contributed by atoms with Gasteiger partial charge in [0.1, 0.15) is 18.2 Å². The normalized spacial score (nSPS) is 15.7. The van der Waals surface area contributed by atoms with Crippen LogP contribution in [0.1, 0.15) is 11.5 Å². The number of carbonyl (C=O) groups is 1. The number of nitrogens with zero attached hydrogens (tertiary/aromatic N) is 2. The van der Waals surface area contributed by atoms with E-state index >= 15 is 0 Å². The fourth-order valence-corrected chi connectivity index (χ4v) is 2.99. The first-order valence-electron chi connectivity index (χ1n) is 8.25. The molecular formula is C19H14ClFN2O4. The summed E-state index contributed by atoms with van der Waals surface area (Å²) < 4.78 is 28.9. The fourth-order valence-electron chi connectivity index (χ4n) is 2.79. The fraction of sp³-hybridized carbons (Fsp3) is 0.211. The molecule has 0 amide bonds. The van der Waals surface area contributed by atoms with Crippen molar-refractivity contribution in [3.8, 4) is 17.1 Å². The zero-order valence-corrected chi connectivity index (χ0v) is 14.8. The lowest BCUT2D eigenvalue weighted by Gasteiger charge is -2.23. The first kappa shape index (κ1) is 17.5. The SMILES string of the molecule is O=C(OCc1nc(-c2ccc(F)cc2)no1)[C@H]1COc2ccc(Cl)cc2C1. The molecule has 8 heteroatoms. The standard InChI is InChI=1S/C19H14ClFN2O4/c20-14-3-6-16-12(8-14)7-13(9-25-16)19(24)26-10-17-22-18(23-27-17)11-1-4-15(21)5-2-11/h1-6,8,13H,7,9-10H2/t13-/m1/s1. The molecule has 1 aromatic heterocycles. The van der Waals surface area contributed by atoms with Gasteiger partial charge in [0, 0.05) is 10.6 Å². The molecule has 0 N–H and O–H groups in total. The molecule has 0 bridgehead atoms. The molecule has 6 nitrogen and oxygen atoms in total. The minimum Gasteiger partial charge on any atom is -0.492 e. The summed E-state index contributed by atoms with van der Waals surface area (Å²) in [6.45, 7) is 0.0874. The van der Waals surface area contributed by atoms with Crippen LogP contribution >= 0.6 is 11.6 Å². The molecule has 1 aliphatic rings. The molecule has 0 saturated heterocycles. The van der Waals surface area contributed by atoms with Crippen LogP contribution in [0.5, 0.6) is 5.75 Å². The van der Waals surface area contributed by atoms with Gasteiger partial charge >= 0.3 is 5.97 Å². The first-order valence-corrected chi connectivity index (χ1v) is 8.62. The summed E-state index contributed by atoms with van der Waals surface area (Å²) in [5.74, 6) is -0.0238. The number of hydrogen-bond acceptors (Lipinski definition) is 6. The average Bonchev–Trinajstić information content (AvgIpc) is 3.15. The smallest absolute Gasteiger partial charge is 0.313 e. The molecule has 138 valence electrons. The molecule has 1 atom stereocenters. The summed E-state index contributed by atoms with van der Waals surface area (Å²) >= 11 is 5.99. The van der Waals surface area contributed by atoms with Crippen molar-refractivity contribution in [1.29, 1.82) is 0 Å². The van der Waals surface area contributed by atoms with Gasteiger partial charge in [-0.05, 0) is 54.4 Å². The number of esters is 1. The van der Waals surface area contributed by atoms with Crippen molar-refractivity contribution in [2.75, 3.05) is 6.61 Å². The molecule has 3 aromatic rings. The van der Waals surface area contributed by atoms with Gasteiger partial charge in [-0.3, -0.25) is 4.79 Å². The van der Waals surface area contributed by atoms with Crippen molar-refractivity contribution in [1.82, 2.24) is 10.1 Å². The number of aromatic nitrogens is 2. The predicted molar refractivity (Wildman–Crippen MR) is 93.6 cm³/mol. The van der Waals surface area contributed by atoms with Crippen molar-refractivity contribution in [3.63, 3.8) is 0 Å². The highest BCUT2D eigenvalue weighted by Crippen LogP contribution is 2.30. The van der Waals surface area contributed by atoms with E-state index in [1.165, 1.54) is 24.3 Å². The Morgan fingerprint density at radius 1 is 1.26 bits per heavy atom. The van der Waals surface area contributed by atoms with E-state index in [1.54, 1.807) is 18.2 Å². The molecule has 27 heavy (non-hydrogen) atoms. The molecule has 2 aromatic carbocycles. The van der Waals surface area contributed by atoms with Gasteiger partial charge in [-0.25, -0.2) is 4.39 Å². The van der Waals surface area contributed by atoms with Gasteiger partial charge in [-0.2, -0.15) is 4.98 Å². The van der Waals surface area contributed by atoms with Crippen LogP contribution in [0.15, 0.2) is 47.0 Å². The third-order valence-electron chi connectivity index (χ3n) is 4.17. The van der Waals surface area contributed by atoms with Gasteiger partial charge < -0.3 is 14.0 Å². The Kier molecular flexibility index (Phi) is 4.77. The maximum Gasteiger partial charge on any atom is 0.313 e. The Morgan fingerprint density at radius 2 is 2.07 bits per heavy atom. The zero-order valence-electron chi connectivity index (χ0n) is 14.0. The molecule has 0 unspecified atom stereocenters. The zero-order chi connectivity index (χ0) is 18.8. The second-order valence-corrected chi connectivity index (χ2v) is 6.53. The molecular weight excluding hydrogens is 375 g/mol. The van der Waals surface area contributed by atoms with E-state index in [4.69, 9.17) is 25.6 Å². The summed E-state index contributed by atoms with van der Waals surface area (Å²) in [5.41, 5.74) is 1.47. The lowest BCUT2D eigenvalue weighted by Crippen LogP contribution is -2.29. The van der Waals surface area contributed by atoms with Crippen LogP contribution < -0.4 is 4.74 Å². The minimum absolute atomic E-state index is 0.147. The maximum absolute atomic E-state index is 13.0. The predicted octanol–water partition coefficient (Wildman–Crippen LogP) is 3.82. The van der Waals surface area contributed by atoms with Crippen molar-refractivity contribution in [3.05, 3.63) is 64.8 Å². The monoisotopic (exact) mass is 388 g/mol. The summed E-state index contributed by atoms with van der Waals surface area (Å²) in [6, 6.07) is 11.0. The number of fused-ring (bicyclic) bond motifs is 1. The summed E-state index contributed by atoms with van der Waals surface area (Å²) in [7, 11) is 0. The largest absolute Gasteiger partial charge is 0.492 e. The quantitative estimate of drug-likeness (QED) is 0.632. The summed E-state index contributed by atoms with van der Waals surface area (Å²) in [5, 5.41) is 4.40. The number of carbonyl (C=O) groups excluding carboxylic acids is 1. The summed E-state index contributed by atoms with van der Waals surface area (Å²) in [4.78, 5) is 16.5. The highest BCUT2D eigenvalue weighted by atomic mass is 35.5. The molecule has 1 aliphatic heterocycles. The van der Waals surface area contributed by atoms with Crippen LogP contribution in [0.3, 0.4) is 0 Å². The Labute approximate surface area is 158 Å². The van der Waals surface area contributed by atoms with Crippen LogP contribution in [-0.2, 0) is 22.6 Å². The number of rotatable bonds is 4. The van der Waals surface area contributed by atoms with Gasteiger partial charge in [0.25, 0.3) is 5.89 Å². The van der Waals surface area contributed by atoms with Gasteiger partial charge in [0.15, 0.2) is 6.61 Å². The third kappa shape index (κ3) is 3.93. The van der Waals surface area contributed by atoms with Crippen LogP contribution in [0.2, 0.25) is 5.02 Å². The molecule has 4 rings (SSSR count). The average molecular weight is 389 g/mol. The maximum atomic E-state index is 13.0. The molecule has 0 saturated carbocycles. The van der Waals surface area contributed by atoms with E-state index < -0.39 is 11.9 Å². The van der Waals surface area contributed by atoms with Crippen LogP contribution in [0, 0.1) is 11.7 Å². The van der Waals surface area contributed by atoms with Crippen LogP contribution in [-0.4, -0.2) is 22.7 Å². The van der Waals surface area contributed by atoms with E-state index in [0.29, 0.717) is 22.8 Å². The highest BCUT2D eigenvalue weighted by Gasteiger charge is 2.28. The van der Waals surface area contributed by atoms with Crippen molar-refractivity contribution >= 4 is 17.6 Å². The molecule has 0 aliphatic carbocycles. The van der Waals surface area contributed by atoms with Crippen LogP contribution in [0.25, 0.3) is 11.4 Å². The lowest BCUT2D eigenvalue weighted by atomic mass is 9.97. The first-order chi connectivity index (χ1) is 13.1. The molecule has 0 spiro atoms. The van der Waals surface area contributed by atoms with E-state index in [0.717, 1.165) is 11.3 Å². The van der Waals surface area contributed by atoms with E-state index in [-0.39, 0.29) is 24.9 Å². The van der Waals surface area contributed by atoms with Crippen molar-refractivity contribution in [2.45, 2.75) is 13.0 Å². The number of halogens is 2. The Balaban J connectivity index is 1.36. The minimum atomic E-state index is -0.435. The number of benzene rings is 2. The van der Waals surface area contributed by atoms with E-state index in [2.05, 4.69) is 10.1 Å². The van der Waals surface area contributed by atoms with Crippen LogP contribution in [0.4, 0.5) is 4.39 Å². The van der Waals surface area contributed by atoms with Crippen molar-refractivity contribution < 1.29 is 23.2 Å². The highest BCUT2D eigenvalue weighted by molar-refractivity contribution is 6.30. The molecule has 0 fully saturated rings. The Morgan fingerprint density at radius 3 is 2.89 bits per heavy atom. The lowest BCUT2D eigenvalue weighted by molar-refractivity contribution is -0.152. The van der Waals surface area contributed by atoms with Crippen molar-refractivity contribution in [2.24, 2.45) is 5.92 Å². The second-order valence-electron chi connectivity index (χ2n) is 6.09. The molecule has 2 heterocycles.